The summed E-state index contributed by atoms with van der Waals surface area (Å²) in [5, 5.41) is 0. The molecule has 0 unspecified atom stereocenters. The van der Waals surface area contributed by atoms with Crippen LogP contribution in [0.15, 0.2) is 48.5 Å². The number of fused-ring (bicyclic) bond motifs is 1. The number of benzene rings is 2. The van der Waals surface area contributed by atoms with Crippen molar-refractivity contribution in [3.8, 4) is 0 Å². The van der Waals surface area contributed by atoms with Gasteiger partial charge in [-0.1, -0.05) is 25.1 Å². The van der Waals surface area contributed by atoms with Gasteiger partial charge < -0.3 is 9.64 Å². The summed E-state index contributed by atoms with van der Waals surface area (Å²) in [6.07, 6.45) is 0.796. The van der Waals surface area contributed by atoms with E-state index in [2.05, 4.69) is 0 Å². The first-order chi connectivity index (χ1) is 10.7. The van der Waals surface area contributed by atoms with Gasteiger partial charge in [0.05, 0.1) is 18.7 Å². The number of carbonyl (C=O) groups excluding carboxylic acids is 2. The molecule has 3 rings (SSSR count). The summed E-state index contributed by atoms with van der Waals surface area (Å²) in [6, 6.07) is 14.6. The summed E-state index contributed by atoms with van der Waals surface area (Å²) in [6.45, 7) is 2.93. The molecule has 2 aromatic rings. The Bertz CT molecular complexity index is 707. The van der Waals surface area contributed by atoms with Crippen molar-refractivity contribution in [3.63, 3.8) is 0 Å². The lowest BCUT2D eigenvalue weighted by Gasteiger charge is -2.16. The summed E-state index contributed by atoms with van der Waals surface area (Å²) in [7, 11) is 0. The van der Waals surface area contributed by atoms with Crippen LogP contribution < -0.4 is 4.90 Å². The molecule has 0 N–H and O–H groups in total. The highest BCUT2D eigenvalue weighted by Crippen LogP contribution is 2.28. The zero-order valence-corrected chi connectivity index (χ0v) is 12.4. The zero-order valence-electron chi connectivity index (χ0n) is 12.4. The third kappa shape index (κ3) is 2.60. The van der Waals surface area contributed by atoms with Crippen LogP contribution >= 0.6 is 0 Å². The molecule has 0 bridgehead atoms. The average molecular weight is 295 g/mol. The highest BCUT2D eigenvalue weighted by molar-refractivity contribution is 6.10. The third-order valence-electron chi connectivity index (χ3n) is 3.67. The first kappa shape index (κ1) is 14.3. The van der Waals surface area contributed by atoms with Gasteiger partial charge in [-0.2, -0.15) is 0 Å². The van der Waals surface area contributed by atoms with Gasteiger partial charge in [0.15, 0.2) is 0 Å². The largest absolute Gasteiger partial charge is 0.462 e. The quantitative estimate of drug-likeness (QED) is 0.812. The molecule has 0 saturated heterocycles. The van der Waals surface area contributed by atoms with Crippen LogP contribution in [-0.4, -0.2) is 18.5 Å². The van der Waals surface area contributed by atoms with E-state index in [-0.39, 0.29) is 11.9 Å². The highest BCUT2D eigenvalue weighted by atomic mass is 16.5. The summed E-state index contributed by atoms with van der Waals surface area (Å²) >= 11 is 0. The van der Waals surface area contributed by atoms with Crippen molar-refractivity contribution in [1.29, 1.82) is 0 Å². The Labute approximate surface area is 129 Å². The summed E-state index contributed by atoms with van der Waals surface area (Å²) in [5.41, 5.74) is 3.06. The van der Waals surface area contributed by atoms with Crippen molar-refractivity contribution in [2.24, 2.45) is 0 Å². The lowest BCUT2D eigenvalue weighted by molar-refractivity contribution is 0.0505. The fourth-order valence-electron chi connectivity index (χ4n) is 2.52. The van der Waals surface area contributed by atoms with Gasteiger partial charge in [0, 0.05) is 11.3 Å². The Morgan fingerprint density at radius 1 is 1.14 bits per heavy atom. The molecule has 112 valence electrons. The molecule has 0 radical (unpaired) electrons. The number of esters is 1. The molecule has 22 heavy (non-hydrogen) atoms. The molecule has 0 atom stereocenters. The Morgan fingerprint density at radius 3 is 2.55 bits per heavy atom. The minimum absolute atomic E-state index is 0.00286. The number of ether oxygens (including phenoxy) is 1. The van der Waals surface area contributed by atoms with Gasteiger partial charge >= 0.3 is 5.97 Å². The molecule has 4 nitrogen and oxygen atoms in total. The maximum Gasteiger partial charge on any atom is 0.338 e. The van der Waals surface area contributed by atoms with Gasteiger partial charge in [-0.05, 0) is 42.3 Å². The van der Waals surface area contributed by atoms with Crippen molar-refractivity contribution in [2.45, 2.75) is 19.9 Å². The fourth-order valence-corrected chi connectivity index (χ4v) is 2.52. The Balaban J connectivity index is 1.77. The van der Waals surface area contributed by atoms with Crippen LogP contribution in [0.1, 0.15) is 39.6 Å². The van der Waals surface area contributed by atoms with E-state index in [4.69, 9.17) is 4.74 Å². The smallest absolute Gasteiger partial charge is 0.338 e. The molecule has 1 aliphatic rings. The number of hydrogen-bond acceptors (Lipinski definition) is 3. The maximum absolute atomic E-state index is 12.4. The van der Waals surface area contributed by atoms with Crippen LogP contribution in [0.4, 0.5) is 5.69 Å². The molecule has 2 aromatic carbocycles. The van der Waals surface area contributed by atoms with E-state index in [0.717, 1.165) is 23.2 Å². The minimum Gasteiger partial charge on any atom is -0.462 e. The lowest BCUT2D eigenvalue weighted by atomic mass is 10.1. The lowest BCUT2D eigenvalue weighted by Crippen LogP contribution is -2.23. The molecule has 0 spiro atoms. The van der Waals surface area contributed by atoms with Crippen LogP contribution in [0.25, 0.3) is 0 Å². The van der Waals surface area contributed by atoms with Crippen LogP contribution in [0, 0.1) is 0 Å². The summed E-state index contributed by atoms with van der Waals surface area (Å²) < 4.78 is 5.09. The van der Waals surface area contributed by atoms with Gasteiger partial charge in [0.2, 0.25) is 0 Å². The molecule has 1 aliphatic heterocycles. The SMILES string of the molecule is CCCOC(=O)c1ccc(N2Cc3ccccc3C2=O)cc1. The van der Waals surface area contributed by atoms with E-state index >= 15 is 0 Å². The van der Waals surface area contributed by atoms with Crippen molar-refractivity contribution < 1.29 is 14.3 Å². The van der Waals surface area contributed by atoms with E-state index in [1.54, 1.807) is 29.2 Å². The van der Waals surface area contributed by atoms with E-state index in [9.17, 15) is 9.59 Å². The standard InChI is InChI=1S/C18H17NO3/c1-2-11-22-18(21)13-7-9-15(10-8-13)19-12-14-5-3-4-6-16(14)17(19)20/h3-10H,2,11-12H2,1H3. The molecule has 1 heterocycles. The first-order valence-electron chi connectivity index (χ1n) is 7.37. The normalized spacial score (nSPS) is 13.1. The topological polar surface area (TPSA) is 46.6 Å². The molecular weight excluding hydrogens is 278 g/mol. The van der Waals surface area contributed by atoms with Crippen LogP contribution in [0.3, 0.4) is 0 Å². The second-order valence-corrected chi connectivity index (χ2v) is 5.23. The predicted octanol–water partition coefficient (Wildman–Crippen LogP) is 3.41. The maximum atomic E-state index is 12.4. The van der Waals surface area contributed by atoms with E-state index in [1.807, 2.05) is 31.2 Å². The zero-order chi connectivity index (χ0) is 15.5. The summed E-state index contributed by atoms with van der Waals surface area (Å²) in [4.78, 5) is 25.9. The molecule has 0 aromatic heterocycles. The first-order valence-corrected chi connectivity index (χ1v) is 7.37. The van der Waals surface area contributed by atoms with Crippen LogP contribution in [-0.2, 0) is 11.3 Å². The average Bonchev–Trinajstić information content (AvgIpc) is 2.90. The van der Waals surface area contributed by atoms with Crippen molar-refractivity contribution in [2.75, 3.05) is 11.5 Å². The van der Waals surface area contributed by atoms with Crippen LogP contribution in [0.5, 0.6) is 0 Å². The number of anilines is 1. The van der Waals surface area contributed by atoms with Crippen molar-refractivity contribution >= 4 is 17.6 Å². The van der Waals surface area contributed by atoms with Crippen LogP contribution in [0.2, 0.25) is 0 Å². The van der Waals surface area contributed by atoms with Gasteiger partial charge in [0.1, 0.15) is 0 Å². The van der Waals surface area contributed by atoms with Crippen molar-refractivity contribution in [3.05, 3.63) is 65.2 Å². The molecular formula is C18H17NO3. The van der Waals surface area contributed by atoms with E-state index in [1.165, 1.54) is 0 Å². The van der Waals surface area contributed by atoms with Gasteiger partial charge in [-0.25, -0.2) is 4.79 Å². The minimum atomic E-state index is -0.329. The molecule has 0 aliphatic carbocycles. The Hall–Kier alpha value is -2.62. The monoisotopic (exact) mass is 295 g/mol. The number of nitrogens with zero attached hydrogens (tertiary/aromatic N) is 1. The molecule has 0 saturated carbocycles. The number of carbonyl (C=O) groups is 2. The molecule has 1 amide bonds. The molecule has 0 fully saturated rings. The van der Waals surface area contributed by atoms with Gasteiger partial charge in [0.25, 0.3) is 5.91 Å². The number of amides is 1. The van der Waals surface area contributed by atoms with Gasteiger partial charge in [-0.3, -0.25) is 4.79 Å². The van der Waals surface area contributed by atoms with Crippen molar-refractivity contribution in [1.82, 2.24) is 0 Å². The summed E-state index contributed by atoms with van der Waals surface area (Å²) in [5.74, 6) is -0.332. The van der Waals surface area contributed by atoms with E-state index < -0.39 is 0 Å². The second kappa shape index (κ2) is 6.02. The van der Waals surface area contributed by atoms with E-state index in [0.29, 0.717) is 18.7 Å². The third-order valence-corrected chi connectivity index (χ3v) is 3.67. The fraction of sp³-hybridized carbons (Fsp3) is 0.222. The van der Waals surface area contributed by atoms with Gasteiger partial charge in [-0.15, -0.1) is 0 Å². The number of hydrogen-bond donors (Lipinski definition) is 0. The highest BCUT2D eigenvalue weighted by Gasteiger charge is 2.27. The Kier molecular flexibility index (Phi) is 3.92. The Morgan fingerprint density at radius 2 is 1.86 bits per heavy atom. The molecule has 4 heteroatoms. The second-order valence-electron chi connectivity index (χ2n) is 5.23. The number of rotatable bonds is 4. The predicted molar refractivity (Wildman–Crippen MR) is 84.0 cm³/mol.